The first-order chi connectivity index (χ1) is 8.61. The Hall–Kier alpha value is -1.07. The van der Waals surface area contributed by atoms with Crippen LogP contribution in [0.4, 0.5) is 5.69 Å². The molecule has 0 aromatic heterocycles. The maximum Gasteiger partial charge on any atom is 0.265 e. The SMILES string of the molecule is CC1=C(C(=O)N(C)c2ccccc2)SCCS1=O. The summed E-state index contributed by atoms with van der Waals surface area (Å²) in [6, 6.07) is 9.48. The van der Waals surface area contributed by atoms with E-state index >= 15 is 0 Å². The molecule has 1 heterocycles. The number of carbonyl (C=O) groups excluding carboxylic acids is 1. The van der Waals surface area contributed by atoms with Crippen LogP contribution in [0.1, 0.15) is 6.92 Å². The normalized spacial score (nSPS) is 19.8. The summed E-state index contributed by atoms with van der Waals surface area (Å²) in [5.41, 5.74) is 0.847. The zero-order chi connectivity index (χ0) is 13.1. The highest BCUT2D eigenvalue weighted by atomic mass is 32.2. The van der Waals surface area contributed by atoms with Crippen LogP contribution in [0.3, 0.4) is 0 Å². The molecule has 1 aromatic carbocycles. The summed E-state index contributed by atoms with van der Waals surface area (Å²) >= 11 is 1.50. The van der Waals surface area contributed by atoms with Gasteiger partial charge in [-0.1, -0.05) is 18.2 Å². The lowest BCUT2D eigenvalue weighted by Crippen LogP contribution is -2.29. The van der Waals surface area contributed by atoms with Gasteiger partial charge in [0.2, 0.25) is 0 Å². The van der Waals surface area contributed by atoms with Crippen molar-refractivity contribution < 1.29 is 9.00 Å². The molecule has 0 fully saturated rings. The molecule has 1 aliphatic heterocycles. The first-order valence-electron chi connectivity index (χ1n) is 5.66. The van der Waals surface area contributed by atoms with Gasteiger partial charge in [0.05, 0.1) is 15.7 Å². The van der Waals surface area contributed by atoms with E-state index in [0.29, 0.717) is 15.6 Å². The van der Waals surface area contributed by atoms with Crippen LogP contribution in [-0.4, -0.2) is 28.7 Å². The molecule has 5 heteroatoms. The summed E-state index contributed by atoms with van der Waals surface area (Å²) in [6.45, 7) is 1.79. The Morgan fingerprint density at radius 2 is 2.00 bits per heavy atom. The third-order valence-corrected chi connectivity index (χ3v) is 5.85. The summed E-state index contributed by atoms with van der Waals surface area (Å²) < 4.78 is 11.7. The van der Waals surface area contributed by atoms with Crippen LogP contribution in [0.25, 0.3) is 0 Å². The second-order valence-electron chi connectivity index (χ2n) is 3.98. The Morgan fingerprint density at radius 3 is 2.67 bits per heavy atom. The number of anilines is 1. The molecular formula is C13H15NO2S2. The van der Waals surface area contributed by atoms with E-state index in [4.69, 9.17) is 0 Å². The Morgan fingerprint density at radius 1 is 1.33 bits per heavy atom. The molecule has 0 saturated carbocycles. The summed E-state index contributed by atoms with van der Waals surface area (Å²) in [4.78, 5) is 15.3. The molecule has 0 radical (unpaired) electrons. The van der Waals surface area contributed by atoms with Crippen molar-refractivity contribution in [2.24, 2.45) is 0 Å². The van der Waals surface area contributed by atoms with E-state index < -0.39 is 10.8 Å². The van der Waals surface area contributed by atoms with Gasteiger partial charge in [-0.15, -0.1) is 11.8 Å². The number of likely N-dealkylation sites (N-methyl/N-ethyl adjacent to an activating group) is 1. The van der Waals surface area contributed by atoms with Gasteiger partial charge in [0.15, 0.2) is 0 Å². The minimum Gasteiger partial charge on any atom is -0.311 e. The largest absolute Gasteiger partial charge is 0.311 e. The molecule has 0 saturated heterocycles. The predicted octanol–water partition coefficient (Wildman–Crippen LogP) is 2.38. The zero-order valence-electron chi connectivity index (χ0n) is 10.4. The first-order valence-corrected chi connectivity index (χ1v) is 7.97. The Kier molecular flexibility index (Phi) is 4.24. The molecule has 0 spiro atoms. The standard InChI is InChI=1S/C13H15NO2S2/c1-10-12(17-8-9-18(10)16)13(15)14(2)11-6-4-3-5-7-11/h3-7H,8-9H2,1-2H3. The lowest BCUT2D eigenvalue weighted by Gasteiger charge is -2.22. The number of hydrogen-bond donors (Lipinski definition) is 0. The lowest BCUT2D eigenvalue weighted by molar-refractivity contribution is -0.114. The lowest BCUT2D eigenvalue weighted by atomic mass is 10.3. The van der Waals surface area contributed by atoms with Crippen LogP contribution in [0.5, 0.6) is 0 Å². The Labute approximate surface area is 114 Å². The van der Waals surface area contributed by atoms with Gasteiger partial charge in [0.25, 0.3) is 5.91 Å². The van der Waals surface area contributed by atoms with E-state index in [1.54, 1.807) is 18.9 Å². The third kappa shape index (κ3) is 2.67. The quantitative estimate of drug-likeness (QED) is 0.835. The van der Waals surface area contributed by atoms with Crippen LogP contribution < -0.4 is 4.90 Å². The second-order valence-corrected chi connectivity index (χ2v) is 6.80. The fourth-order valence-corrected chi connectivity index (χ4v) is 4.37. The fraction of sp³-hybridized carbons (Fsp3) is 0.308. The van der Waals surface area contributed by atoms with Gasteiger partial charge in [0, 0.05) is 29.1 Å². The monoisotopic (exact) mass is 281 g/mol. The molecule has 1 unspecified atom stereocenters. The first kappa shape index (κ1) is 13.4. The maximum absolute atomic E-state index is 12.4. The number of para-hydroxylation sites is 1. The number of hydrogen-bond acceptors (Lipinski definition) is 3. The molecule has 2 rings (SSSR count). The Bertz CT molecular complexity index is 511. The molecule has 3 nitrogen and oxygen atoms in total. The highest BCUT2D eigenvalue weighted by molar-refractivity contribution is 8.06. The topological polar surface area (TPSA) is 37.4 Å². The van der Waals surface area contributed by atoms with Gasteiger partial charge >= 0.3 is 0 Å². The van der Waals surface area contributed by atoms with Crippen molar-refractivity contribution in [2.45, 2.75) is 6.92 Å². The number of benzene rings is 1. The smallest absolute Gasteiger partial charge is 0.265 e. The van der Waals surface area contributed by atoms with Crippen LogP contribution >= 0.6 is 11.8 Å². The van der Waals surface area contributed by atoms with Crippen LogP contribution in [0, 0.1) is 0 Å². The summed E-state index contributed by atoms with van der Waals surface area (Å²) in [7, 11) is 0.749. The van der Waals surface area contributed by atoms with E-state index in [9.17, 15) is 9.00 Å². The number of amides is 1. The molecule has 1 amide bonds. The molecule has 1 aromatic rings. The van der Waals surface area contributed by atoms with Crippen molar-refractivity contribution >= 4 is 34.2 Å². The number of carbonyl (C=O) groups is 1. The minimum atomic E-state index is -0.997. The second kappa shape index (κ2) is 5.71. The van der Waals surface area contributed by atoms with Gasteiger partial charge in [-0.2, -0.15) is 0 Å². The van der Waals surface area contributed by atoms with Gasteiger partial charge in [-0.05, 0) is 19.1 Å². The predicted molar refractivity (Wildman–Crippen MR) is 78.0 cm³/mol. The molecule has 0 aliphatic carbocycles. The van der Waals surface area contributed by atoms with Crippen molar-refractivity contribution in [1.29, 1.82) is 0 Å². The molecule has 96 valence electrons. The van der Waals surface area contributed by atoms with Crippen molar-refractivity contribution in [3.63, 3.8) is 0 Å². The molecule has 1 aliphatic rings. The van der Waals surface area contributed by atoms with Crippen molar-refractivity contribution in [2.75, 3.05) is 23.5 Å². The molecule has 0 bridgehead atoms. The van der Waals surface area contributed by atoms with Crippen LogP contribution in [0.15, 0.2) is 40.1 Å². The molecule has 1 atom stereocenters. The summed E-state index contributed by atoms with van der Waals surface area (Å²) in [6.07, 6.45) is 0. The zero-order valence-corrected chi connectivity index (χ0v) is 12.0. The van der Waals surface area contributed by atoms with Gasteiger partial charge in [0.1, 0.15) is 0 Å². The average molecular weight is 281 g/mol. The van der Waals surface area contributed by atoms with Crippen LogP contribution in [0.2, 0.25) is 0 Å². The van der Waals surface area contributed by atoms with Gasteiger partial charge < -0.3 is 4.90 Å². The third-order valence-electron chi connectivity index (χ3n) is 2.82. The molecule has 18 heavy (non-hydrogen) atoms. The van der Waals surface area contributed by atoms with E-state index in [-0.39, 0.29) is 5.91 Å². The summed E-state index contributed by atoms with van der Waals surface area (Å²) in [5, 5.41) is 0. The highest BCUT2D eigenvalue weighted by Gasteiger charge is 2.24. The minimum absolute atomic E-state index is 0.0725. The average Bonchev–Trinajstić information content (AvgIpc) is 2.41. The van der Waals surface area contributed by atoms with Crippen molar-refractivity contribution in [3.8, 4) is 0 Å². The van der Waals surface area contributed by atoms with E-state index in [0.717, 1.165) is 11.4 Å². The van der Waals surface area contributed by atoms with Gasteiger partial charge in [-0.3, -0.25) is 9.00 Å². The van der Waals surface area contributed by atoms with E-state index in [1.807, 2.05) is 30.3 Å². The van der Waals surface area contributed by atoms with Crippen molar-refractivity contribution in [1.82, 2.24) is 0 Å². The summed E-state index contributed by atoms with van der Waals surface area (Å²) in [5.74, 6) is 1.31. The van der Waals surface area contributed by atoms with E-state index in [1.165, 1.54) is 11.8 Å². The maximum atomic E-state index is 12.4. The van der Waals surface area contributed by atoms with Crippen molar-refractivity contribution in [3.05, 3.63) is 40.1 Å². The number of thioether (sulfide) groups is 1. The molecule has 0 N–H and O–H groups in total. The highest BCUT2D eigenvalue weighted by Crippen LogP contribution is 2.30. The number of nitrogens with zero attached hydrogens (tertiary/aromatic N) is 1. The number of rotatable bonds is 2. The fourth-order valence-electron chi connectivity index (χ4n) is 1.71. The van der Waals surface area contributed by atoms with Gasteiger partial charge in [-0.25, -0.2) is 0 Å². The molecular weight excluding hydrogens is 266 g/mol. The van der Waals surface area contributed by atoms with Crippen LogP contribution in [-0.2, 0) is 15.6 Å². The Balaban J connectivity index is 2.27. The van der Waals surface area contributed by atoms with E-state index in [2.05, 4.69) is 0 Å². The number of allylic oxidation sites excluding steroid dienone is 1.